The Morgan fingerprint density at radius 3 is 2.79 bits per heavy atom. The zero-order valence-electron chi connectivity index (χ0n) is 10.3. The number of rotatable bonds is 2. The lowest BCUT2D eigenvalue weighted by Gasteiger charge is -2.14. The Bertz CT molecular complexity index is 738. The maximum atomic E-state index is 10.6. The summed E-state index contributed by atoms with van der Waals surface area (Å²) in [7, 11) is 0. The van der Waals surface area contributed by atoms with Gasteiger partial charge in [0.25, 0.3) is 0 Å². The van der Waals surface area contributed by atoms with E-state index in [1.807, 2.05) is 42.6 Å². The van der Waals surface area contributed by atoms with Gasteiger partial charge in [-0.1, -0.05) is 28.1 Å². The SMILES string of the molecule is Cc1sccc1C(O)c1ccc(Br)c2cccnc12. The number of aryl methyl sites for hydroxylation is 1. The van der Waals surface area contributed by atoms with Crippen molar-refractivity contribution >= 4 is 38.2 Å². The third kappa shape index (κ3) is 2.20. The number of aromatic nitrogens is 1. The Morgan fingerprint density at radius 2 is 2.05 bits per heavy atom. The monoisotopic (exact) mass is 333 g/mol. The fourth-order valence-corrected chi connectivity index (χ4v) is 3.41. The molecular weight excluding hydrogens is 322 g/mol. The molecule has 3 rings (SSSR count). The number of aliphatic hydroxyl groups excluding tert-OH is 1. The molecule has 0 aliphatic heterocycles. The molecule has 2 heterocycles. The second-order valence-corrected chi connectivity index (χ2v) is 6.35. The van der Waals surface area contributed by atoms with Crippen LogP contribution in [-0.4, -0.2) is 10.1 Å². The number of benzene rings is 1. The van der Waals surface area contributed by atoms with Crippen LogP contribution >= 0.6 is 27.3 Å². The van der Waals surface area contributed by atoms with Gasteiger partial charge >= 0.3 is 0 Å². The van der Waals surface area contributed by atoms with Gasteiger partial charge in [-0.3, -0.25) is 4.98 Å². The molecule has 0 amide bonds. The van der Waals surface area contributed by atoms with Crippen molar-refractivity contribution in [3.8, 4) is 0 Å². The Hall–Kier alpha value is -1.23. The Kier molecular flexibility index (Phi) is 3.39. The molecule has 0 aliphatic rings. The van der Waals surface area contributed by atoms with Crippen LogP contribution in [0.3, 0.4) is 0 Å². The minimum atomic E-state index is -0.628. The van der Waals surface area contributed by atoms with E-state index in [1.54, 1.807) is 17.5 Å². The zero-order chi connectivity index (χ0) is 13.4. The van der Waals surface area contributed by atoms with Crippen molar-refractivity contribution in [2.75, 3.05) is 0 Å². The lowest BCUT2D eigenvalue weighted by molar-refractivity contribution is 0.221. The van der Waals surface area contributed by atoms with E-state index in [0.717, 1.165) is 31.4 Å². The largest absolute Gasteiger partial charge is 0.384 e. The molecule has 1 unspecified atom stereocenters. The fourth-order valence-electron chi connectivity index (χ4n) is 2.23. The predicted molar refractivity (Wildman–Crippen MR) is 82.6 cm³/mol. The highest BCUT2D eigenvalue weighted by Gasteiger charge is 2.17. The van der Waals surface area contributed by atoms with Gasteiger partial charge in [-0.2, -0.15) is 0 Å². The molecule has 2 aromatic heterocycles. The Balaban J connectivity index is 2.21. The summed E-state index contributed by atoms with van der Waals surface area (Å²) in [5, 5.41) is 13.6. The first kappa shape index (κ1) is 12.8. The van der Waals surface area contributed by atoms with Crippen molar-refractivity contribution in [3.05, 3.63) is 62.4 Å². The highest BCUT2D eigenvalue weighted by molar-refractivity contribution is 9.10. The molecule has 0 fully saturated rings. The summed E-state index contributed by atoms with van der Waals surface area (Å²) in [4.78, 5) is 5.55. The van der Waals surface area contributed by atoms with Crippen molar-refractivity contribution < 1.29 is 5.11 Å². The molecule has 2 nitrogen and oxygen atoms in total. The van der Waals surface area contributed by atoms with Crippen LogP contribution < -0.4 is 0 Å². The molecule has 0 saturated heterocycles. The molecule has 1 N–H and O–H groups in total. The van der Waals surface area contributed by atoms with Gasteiger partial charge in [0.1, 0.15) is 6.10 Å². The summed E-state index contributed by atoms with van der Waals surface area (Å²) >= 11 is 5.17. The van der Waals surface area contributed by atoms with Crippen molar-refractivity contribution in [1.82, 2.24) is 4.98 Å². The average Bonchev–Trinajstić information content (AvgIpc) is 2.85. The smallest absolute Gasteiger partial charge is 0.107 e. The van der Waals surface area contributed by atoms with Crippen LogP contribution in [0.4, 0.5) is 0 Å². The second kappa shape index (κ2) is 5.04. The zero-order valence-corrected chi connectivity index (χ0v) is 12.7. The molecule has 1 atom stereocenters. The summed E-state index contributed by atoms with van der Waals surface area (Å²) in [5.74, 6) is 0. The number of hydrogen-bond donors (Lipinski definition) is 1. The van der Waals surface area contributed by atoms with Gasteiger partial charge in [0.05, 0.1) is 5.52 Å². The minimum absolute atomic E-state index is 0.628. The number of fused-ring (bicyclic) bond motifs is 1. The maximum absolute atomic E-state index is 10.6. The van der Waals surface area contributed by atoms with Gasteiger partial charge in [0.2, 0.25) is 0 Å². The molecule has 0 spiro atoms. The number of aliphatic hydroxyl groups is 1. The van der Waals surface area contributed by atoms with Gasteiger partial charge in [-0.15, -0.1) is 11.3 Å². The number of hydrogen-bond acceptors (Lipinski definition) is 3. The average molecular weight is 334 g/mol. The quantitative estimate of drug-likeness (QED) is 0.751. The molecule has 19 heavy (non-hydrogen) atoms. The van der Waals surface area contributed by atoms with Crippen molar-refractivity contribution in [3.63, 3.8) is 0 Å². The highest BCUT2D eigenvalue weighted by atomic mass is 79.9. The van der Waals surface area contributed by atoms with Crippen LogP contribution in [0, 0.1) is 6.92 Å². The third-order valence-corrected chi connectivity index (χ3v) is 4.79. The molecular formula is C15H12BrNOS. The topological polar surface area (TPSA) is 33.1 Å². The van der Waals surface area contributed by atoms with Gasteiger partial charge in [-0.05, 0) is 36.1 Å². The van der Waals surface area contributed by atoms with E-state index < -0.39 is 6.10 Å². The number of pyridine rings is 1. The molecule has 0 bridgehead atoms. The number of halogens is 1. The fraction of sp³-hybridized carbons (Fsp3) is 0.133. The van der Waals surface area contributed by atoms with Gasteiger partial charge in [-0.25, -0.2) is 0 Å². The molecule has 0 radical (unpaired) electrons. The first-order valence-electron chi connectivity index (χ1n) is 5.93. The van der Waals surface area contributed by atoms with Crippen LogP contribution in [0.25, 0.3) is 10.9 Å². The summed E-state index contributed by atoms with van der Waals surface area (Å²) < 4.78 is 0.994. The number of thiophene rings is 1. The molecule has 0 aliphatic carbocycles. The van der Waals surface area contributed by atoms with Crippen LogP contribution in [-0.2, 0) is 0 Å². The van der Waals surface area contributed by atoms with Gasteiger partial charge in [0.15, 0.2) is 0 Å². The van der Waals surface area contributed by atoms with E-state index in [0.29, 0.717) is 0 Å². The van der Waals surface area contributed by atoms with E-state index >= 15 is 0 Å². The predicted octanol–water partition coefficient (Wildman–Crippen LogP) is 4.45. The lowest BCUT2D eigenvalue weighted by atomic mass is 9.99. The van der Waals surface area contributed by atoms with Crippen LogP contribution in [0.15, 0.2) is 46.4 Å². The Labute approximate surface area is 123 Å². The lowest BCUT2D eigenvalue weighted by Crippen LogP contribution is -2.01. The van der Waals surface area contributed by atoms with Crippen molar-refractivity contribution in [2.45, 2.75) is 13.0 Å². The number of nitrogens with zero attached hydrogens (tertiary/aromatic N) is 1. The normalized spacial score (nSPS) is 12.8. The van der Waals surface area contributed by atoms with E-state index in [1.165, 1.54) is 0 Å². The highest BCUT2D eigenvalue weighted by Crippen LogP contribution is 2.34. The van der Waals surface area contributed by atoms with Crippen LogP contribution in [0.1, 0.15) is 22.1 Å². The van der Waals surface area contributed by atoms with Crippen LogP contribution in [0.5, 0.6) is 0 Å². The van der Waals surface area contributed by atoms with Crippen LogP contribution in [0.2, 0.25) is 0 Å². The first-order chi connectivity index (χ1) is 9.18. The summed E-state index contributed by atoms with van der Waals surface area (Å²) in [6.07, 6.45) is 1.13. The molecule has 1 aromatic carbocycles. The van der Waals surface area contributed by atoms with Crippen molar-refractivity contribution in [1.29, 1.82) is 0 Å². The molecule has 0 saturated carbocycles. The maximum Gasteiger partial charge on any atom is 0.107 e. The second-order valence-electron chi connectivity index (χ2n) is 4.37. The third-order valence-electron chi connectivity index (χ3n) is 3.24. The summed E-state index contributed by atoms with van der Waals surface area (Å²) in [5.41, 5.74) is 2.65. The first-order valence-corrected chi connectivity index (χ1v) is 7.61. The van der Waals surface area contributed by atoms with Gasteiger partial charge < -0.3 is 5.11 Å². The van der Waals surface area contributed by atoms with Crippen molar-refractivity contribution in [2.24, 2.45) is 0 Å². The van der Waals surface area contributed by atoms with Gasteiger partial charge in [0, 0.05) is 26.5 Å². The molecule has 96 valence electrons. The minimum Gasteiger partial charge on any atom is -0.384 e. The molecule has 4 heteroatoms. The standard InChI is InChI=1S/C15H12BrNOS/c1-9-10(6-8-19-9)15(18)12-4-5-13(16)11-3-2-7-17-14(11)12/h2-8,15,18H,1H3. The summed E-state index contributed by atoms with van der Waals surface area (Å²) in [6.45, 7) is 2.03. The molecule has 3 aromatic rings. The van der Waals surface area contributed by atoms with E-state index in [4.69, 9.17) is 0 Å². The summed E-state index contributed by atoms with van der Waals surface area (Å²) in [6, 6.07) is 9.77. The Morgan fingerprint density at radius 1 is 1.21 bits per heavy atom. The van der Waals surface area contributed by atoms with E-state index in [2.05, 4.69) is 20.9 Å². The van der Waals surface area contributed by atoms with E-state index in [-0.39, 0.29) is 0 Å². The van der Waals surface area contributed by atoms with E-state index in [9.17, 15) is 5.11 Å².